The molecule has 0 fully saturated rings. The topological polar surface area (TPSA) is 4.93 Å². The van der Waals surface area contributed by atoms with Crippen LogP contribution in [0, 0.1) is 31.4 Å². The zero-order valence-electron chi connectivity index (χ0n) is 18.9. The number of aryl methyl sites for hydroxylation is 1. The molecule has 0 N–H and O–H groups in total. The summed E-state index contributed by atoms with van der Waals surface area (Å²) in [6, 6.07) is 33.1. The smallest absolute Gasteiger partial charge is 0.0628 e. The Bertz CT molecular complexity index is 1660. The van der Waals surface area contributed by atoms with Crippen molar-refractivity contribution < 1.29 is 0 Å². The molecule has 2 aliphatic heterocycles. The van der Waals surface area contributed by atoms with Crippen molar-refractivity contribution in [3.8, 4) is 18.0 Å². The molecule has 0 atom stereocenters. The first kappa shape index (κ1) is 20.9. The average Bonchev–Trinajstić information content (AvgIpc) is 3.18. The van der Waals surface area contributed by atoms with Crippen molar-refractivity contribution in [3.05, 3.63) is 102 Å². The van der Waals surface area contributed by atoms with Crippen LogP contribution in [0.3, 0.4) is 0 Å². The molecule has 4 aromatic carbocycles. The van der Waals surface area contributed by atoms with E-state index in [4.69, 9.17) is 6.42 Å². The molecule has 0 spiro atoms. The van der Waals surface area contributed by atoms with E-state index >= 15 is 0 Å². The van der Waals surface area contributed by atoms with E-state index in [1.807, 2.05) is 35.7 Å². The van der Waals surface area contributed by atoms with Gasteiger partial charge in [-0.2, -0.15) is 10.9 Å². The lowest BCUT2D eigenvalue weighted by Crippen LogP contribution is -2.06. The lowest BCUT2D eigenvalue weighted by molar-refractivity contribution is 0.988. The Hall–Kier alpha value is -3.41. The number of benzene rings is 3. The van der Waals surface area contributed by atoms with Crippen LogP contribution in [0.5, 0.6) is 0 Å². The first-order valence-corrected chi connectivity index (χ1v) is 14.3. The Morgan fingerprint density at radius 3 is 2.23 bits per heavy atom. The van der Waals surface area contributed by atoms with Crippen LogP contribution in [0.25, 0.3) is 22.7 Å². The quantitative estimate of drug-likeness (QED) is 0.187. The molecular formula is C31H19NS3. The van der Waals surface area contributed by atoms with E-state index in [1.165, 1.54) is 34.3 Å². The summed E-state index contributed by atoms with van der Waals surface area (Å²) < 4.78 is 2.32. The van der Waals surface area contributed by atoms with Gasteiger partial charge in [-0.1, -0.05) is 65.8 Å². The maximum atomic E-state index is 5.59. The van der Waals surface area contributed by atoms with Gasteiger partial charge in [0, 0.05) is 40.0 Å². The largest absolute Gasteiger partial charge is 0.309 e. The Balaban J connectivity index is 1.53. The van der Waals surface area contributed by atoms with Crippen molar-refractivity contribution in [2.24, 2.45) is 0 Å². The lowest BCUT2D eigenvalue weighted by atomic mass is 10.2. The Kier molecular flexibility index (Phi) is 4.83. The number of rotatable bonds is 2. The molecule has 3 heterocycles. The Morgan fingerprint density at radius 2 is 1.57 bits per heavy atom. The summed E-state index contributed by atoms with van der Waals surface area (Å²) >= 11 is 3.79. The molecule has 1 nitrogen and oxygen atoms in total. The number of thiol groups is 1. The minimum Gasteiger partial charge on any atom is -0.309 e. The summed E-state index contributed by atoms with van der Waals surface area (Å²) in [6.45, 7) is 2.14. The van der Waals surface area contributed by atoms with Gasteiger partial charge in [-0.3, -0.25) is 0 Å². The van der Waals surface area contributed by atoms with E-state index in [-0.39, 0.29) is 0 Å². The maximum absolute atomic E-state index is 5.59. The van der Waals surface area contributed by atoms with Gasteiger partial charge in [-0.15, -0.1) is 6.42 Å². The maximum Gasteiger partial charge on any atom is 0.0628 e. The molecule has 0 aliphatic carbocycles. The predicted octanol–water partition coefficient (Wildman–Crippen LogP) is 8.59. The van der Waals surface area contributed by atoms with Crippen LogP contribution in [-0.4, -0.2) is 4.57 Å². The van der Waals surface area contributed by atoms with Gasteiger partial charge in [0.05, 0.1) is 16.6 Å². The highest BCUT2D eigenvalue weighted by Crippen LogP contribution is 2.68. The van der Waals surface area contributed by atoms with Gasteiger partial charge in [-0.25, -0.2) is 0 Å². The van der Waals surface area contributed by atoms with Gasteiger partial charge in [0.2, 0.25) is 0 Å². The molecule has 166 valence electrons. The van der Waals surface area contributed by atoms with Crippen LogP contribution in [-0.2, 0) is 0 Å². The molecule has 4 heteroatoms. The van der Waals surface area contributed by atoms with Crippen LogP contribution in [0.2, 0.25) is 0 Å². The van der Waals surface area contributed by atoms with Gasteiger partial charge in [0.1, 0.15) is 0 Å². The number of allylic oxidation sites excluding steroid dienone is 1. The van der Waals surface area contributed by atoms with Crippen LogP contribution in [0.4, 0.5) is 0 Å². The second kappa shape index (κ2) is 8.08. The molecule has 2 aliphatic rings. The highest BCUT2D eigenvalue weighted by Gasteiger charge is 2.33. The summed E-state index contributed by atoms with van der Waals surface area (Å²) in [4.78, 5) is 9.84. The lowest BCUT2D eigenvalue weighted by Gasteiger charge is -2.37. The summed E-state index contributed by atoms with van der Waals surface area (Å²) in [7, 11) is -0.581. The van der Waals surface area contributed by atoms with E-state index in [1.54, 1.807) is 6.08 Å². The van der Waals surface area contributed by atoms with Gasteiger partial charge in [0.15, 0.2) is 0 Å². The minimum atomic E-state index is -0.581. The van der Waals surface area contributed by atoms with Crippen molar-refractivity contribution in [2.75, 3.05) is 0 Å². The third-order valence-electron chi connectivity index (χ3n) is 6.51. The first-order chi connectivity index (χ1) is 17.2. The number of terminal acetylenes is 1. The zero-order chi connectivity index (χ0) is 23.5. The fraction of sp³-hybridized carbons (Fsp3) is 0.0323. The third kappa shape index (κ3) is 3.12. The van der Waals surface area contributed by atoms with Crippen molar-refractivity contribution in [2.45, 2.75) is 41.2 Å². The fourth-order valence-corrected chi connectivity index (χ4v) is 11.0. The van der Waals surface area contributed by atoms with Crippen LogP contribution < -0.4 is 0 Å². The molecule has 1 aromatic heterocycles. The molecule has 35 heavy (non-hydrogen) atoms. The molecule has 0 saturated heterocycles. The molecular weight excluding hydrogens is 483 g/mol. The molecule has 0 saturated carbocycles. The van der Waals surface area contributed by atoms with Crippen molar-refractivity contribution in [3.63, 3.8) is 0 Å². The second-order valence-electron chi connectivity index (χ2n) is 8.47. The average molecular weight is 502 g/mol. The summed E-state index contributed by atoms with van der Waals surface area (Å²) in [5.74, 6) is 2.66. The normalized spacial score (nSPS) is 14.2. The monoisotopic (exact) mass is 501 g/mol. The van der Waals surface area contributed by atoms with Crippen molar-refractivity contribution >= 4 is 51.4 Å². The molecule has 7 rings (SSSR count). The standard InChI is InChI=1S/C31H19NS3/c1-3-4-12-23-20(2)22-11-5-6-13-24(22)32(23)21-18-27-31-28(19-21)34-26-15-8-10-17-30(26)35(31)29-16-9-7-14-25(29)33-27/h1,4,6-10,12-19,35H,2H3/b12-4-. The summed E-state index contributed by atoms with van der Waals surface area (Å²) in [6.07, 6.45) is 9.41. The predicted molar refractivity (Wildman–Crippen MR) is 148 cm³/mol. The number of hydrogen-bond acceptors (Lipinski definition) is 2. The summed E-state index contributed by atoms with van der Waals surface area (Å²) in [5.41, 5.74) is 4.52. The van der Waals surface area contributed by atoms with Gasteiger partial charge < -0.3 is 4.57 Å². The van der Waals surface area contributed by atoms with Gasteiger partial charge in [0.25, 0.3) is 0 Å². The van der Waals surface area contributed by atoms with Crippen molar-refractivity contribution in [1.82, 2.24) is 4.57 Å². The van der Waals surface area contributed by atoms with Crippen LogP contribution in [0.1, 0.15) is 11.3 Å². The fourth-order valence-electron chi connectivity index (χ4n) is 5.02. The summed E-state index contributed by atoms with van der Waals surface area (Å²) in [5, 5.41) is 1.08. The van der Waals surface area contributed by atoms with Crippen molar-refractivity contribution in [1.29, 1.82) is 0 Å². The van der Waals surface area contributed by atoms with E-state index in [0.29, 0.717) is 0 Å². The highest BCUT2D eigenvalue weighted by atomic mass is 32.2. The van der Waals surface area contributed by atoms with Crippen LogP contribution in [0.15, 0.2) is 113 Å². The SMILES string of the molecule is C#C/C=C\c1c(C)c2c#cccc2n1-c1cc2c3c(c1)Sc1ccccc1[SH]3c1ccccc1S2. The second-order valence-corrected chi connectivity index (χ2v) is 12.7. The van der Waals surface area contributed by atoms with E-state index in [9.17, 15) is 0 Å². The van der Waals surface area contributed by atoms with Gasteiger partial charge in [-0.05, 0) is 73.2 Å². The number of fused-ring (bicyclic) bond motifs is 5. The molecule has 0 amide bonds. The minimum absolute atomic E-state index is 0.581. The third-order valence-corrected chi connectivity index (χ3v) is 12.0. The Labute approximate surface area is 216 Å². The molecule has 5 aromatic rings. The molecule has 0 radical (unpaired) electrons. The van der Waals surface area contributed by atoms with Gasteiger partial charge >= 0.3 is 0 Å². The first-order valence-electron chi connectivity index (χ1n) is 11.3. The molecule has 0 unspecified atom stereocenters. The highest BCUT2D eigenvalue weighted by molar-refractivity contribution is 8.20. The van der Waals surface area contributed by atoms with E-state index in [2.05, 4.69) is 96.3 Å². The van der Waals surface area contributed by atoms with Crippen LogP contribution >= 0.6 is 34.4 Å². The number of aromatic nitrogens is 1. The van der Waals surface area contributed by atoms with E-state index < -0.39 is 10.9 Å². The number of nitrogens with zero attached hydrogens (tertiary/aromatic N) is 1. The molecule has 0 bridgehead atoms. The number of hydrogen-bond donors (Lipinski definition) is 1. The Morgan fingerprint density at radius 1 is 0.914 bits per heavy atom. The zero-order valence-corrected chi connectivity index (χ0v) is 21.4. The van der Waals surface area contributed by atoms with E-state index in [0.717, 1.165) is 27.8 Å².